The molecule has 0 aromatic carbocycles. The van der Waals surface area contributed by atoms with Crippen molar-refractivity contribution >= 4 is 5.78 Å². The van der Waals surface area contributed by atoms with E-state index >= 15 is 0 Å². The van der Waals surface area contributed by atoms with Crippen LogP contribution >= 0.6 is 0 Å². The molecule has 2 atom stereocenters. The molecular formula is C15H24N4O. The summed E-state index contributed by atoms with van der Waals surface area (Å²) in [5, 5.41) is 4.31. The van der Waals surface area contributed by atoms with Crippen LogP contribution in [0.2, 0.25) is 0 Å². The molecule has 5 nitrogen and oxygen atoms in total. The Morgan fingerprint density at radius 2 is 2.20 bits per heavy atom. The molecule has 0 amide bonds. The fourth-order valence-electron chi connectivity index (χ4n) is 3.75. The van der Waals surface area contributed by atoms with Crippen molar-refractivity contribution in [3.05, 3.63) is 12.2 Å². The zero-order valence-electron chi connectivity index (χ0n) is 12.5. The van der Waals surface area contributed by atoms with Crippen LogP contribution < -0.4 is 0 Å². The van der Waals surface area contributed by atoms with Crippen LogP contribution in [0.4, 0.5) is 0 Å². The van der Waals surface area contributed by atoms with Gasteiger partial charge < -0.3 is 0 Å². The number of Topliss-reactive ketones (excluding diaryl/α,β-unsaturated/α-hetero) is 1. The van der Waals surface area contributed by atoms with E-state index in [0.29, 0.717) is 17.9 Å². The van der Waals surface area contributed by atoms with Gasteiger partial charge in [-0.2, -0.15) is 5.10 Å². The molecule has 1 aromatic heterocycles. The quantitative estimate of drug-likeness (QED) is 0.846. The van der Waals surface area contributed by atoms with Crippen molar-refractivity contribution in [3.63, 3.8) is 0 Å². The van der Waals surface area contributed by atoms with Gasteiger partial charge in [-0.3, -0.25) is 9.69 Å². The molecule has 5 heteroatoms. The van der Waals surface area contributed by atoms with Crippen LogP contribution in [0.25, 0.3) is 0 Å². The van der Waals surface area contributed by atoms with Gasteiger partial charge in [-0.25, -0.2) is 9.67 Å². The summed E-state index contributed by atoms with van der Waals surface area (Å²) in [4.78, 5) is 18.9. The summed E-state index contributed by atoms with van der Waals surface area (Å²) in [6.45, 7) is 6.16. The molecule has 0 N–H and O–H groups in total. The fraction of sp³-hybridized carbons (Fsp3) is 0.800. The van der Waals surface area contributed by atoms with Gasteiger partial charge in [0.25, 0.3) is 0 Å². The maximum absolute atomic E-state index is 12.0. The predicted octanol–water partition coefficient (Wildman–Crippen LogP) is 2.19. The van der Waals surface area contributed by atoms with Crippen LogP contribution in [0.15, 0.2) is 6.33 Å². The number of likely N-dealkylation sites (tertiary alicyclic amines) is 1. The minimum Gasteiger partial charge on any atom is -0.299 e. The molecule has 0 spiro atoms. The maximum Gasteiger partial charge on any atom is 0.141 e. The number of aromatic nitrogens is 3. The fourth-order valence-corrected chi connectivity index (χ4v) is 3.75. The van der Waals surface area contributed by atoms with Crippen LogP contribution in [0, 0.1) is 5.92 Å². The maximum atomic E-state index is 12.0. The van der Waals surface area contributed by atoms with Crippen LogP contribution in [-0.2, 0) is 11.3 Å². The lowest BCUT2D eigenvalue weighted by molar-refractivity contribution is -0.122. The molecule has 20 heavy (non-hydrogen) atoms. The first-order valence-electron chi connectivity index (χ1n) is 7.82. The second kappa shape index (κ2) is 5.64. The Bertz CT molecular complexity index is 482. The lowest BCUT2D eigenvalue weighted by Crippen LogP contribution is -2.37. The van der Waals surface area contributed by atoms with Crippen LogP contribution in [-0.4, -0.2) is 38.0 Å². The van der Waals surface area contributed by atoms with E-state index in [4.69, 9.17) is 0 Å². The zero-order valence-corrected chi connectivity index (χ0v) is 12.5. The van der Waals surface area contributed by atoms with Crippen LogP contribution in [0.1, 0.15) is 57.8 Å². The second-order valence-electron chi connectivity index (χ2n) is 6.36. The Kier molecular flexibility index (Phi) is 3.87. The van der Waals surface area contributed by atoms with Gasteiger partial charge in [-0.1, -0.05) is 0 Å². The number of carbonyl (C=O) groups excluding carboxylic acids is 1. The first-order valence-corrected chi connectivity index (χ1v) is 7.82. The van der Waals surface area contributed by atoms with E-state index in [2.05, 4.69) is 28.8 Å². The number of carbonyl (C=O) groups is 1. The van der Waals surface area contributed by atoms with Gasteiger partial charge in [0.2, 0.25) is 0 Å². The number of hydrogen-bond acceptors (Lipinski definition) is 4. The van der Waals surface area contributed by atoms with E-state index in [9.17, 15) is 4.79 Å². The smallest absolute Gasteiger partial charge is 0.141 e. The third-order valence-corrected chi connectivity index (χ3v) is 4.71. The molecule has 1 aromatic rings. The Labute approximate surface area is 120 Å². The summed E-state index contributed by atoms with van der Waals surface area (Å²) in [7, 11) is 0. The molecule has 1 saturated heterocycles. The molecule has 2 aliphatic rings. The monoisotopic (exact) mass is 276 g/mol. The van der Waals surface area contributed by atoms with Crippen LogP contribution in [0.3, 0.4) is 0 Å². The van der Waals surface area contributed by atoms with Crippen molar-refractivity contribution < 1.29 is 4.79 Å². The second-order valence-corrected chi connectivity index (χ2v) is 6.36. The minimum atomic E-state index is 0.271. The molecule has 1 aliphatic carbocycles. The van der Waals surface area contributed by atoms with E-state index in [1.807, 2.05) is 4.68 Å². The van der Waals surface area contributed by atoms with E-state index in [-0.39, 0.29) is 5.92 Å². The van der Waals surface area contributed by atoms with E-state index in [1.54, 1.807) is 6.33 Å². The average molecular weight is 276 g/mol. The van der Waals surface area contributed by atoms with Gasteiger partial charge in [-0.15, -0.1) is 0 Å². The first-order chi connectivity index (χ1) is 9.66. The van der Waals surface area contributed by atoms with Crippen molar-refractivity contribution in [1.82, 2.24) is 19.7 Å². The summed E-state index contributed by atoms with van der Waals surface area (Å²) in [5.74, 6) is 1.78. The van der Waals surface area contributed by atoms with E-state index in [1.165, 1.54) is 6.42 Å². The molecule has 1 saturated carbocycles. The molecule has 2 heterocycles. The molecule has 0 bridgehead atoms. The van der Waals surface area contributed by atoms with E-state index < -0.39 is 0 Å². The van der Waals surface area contributed by atoms with Gasteiger partial charge in [0, 0.05) is 24.4 Å². The highest BCUT2D eigenvalue weighted by Crippen LogP contribution is 2.33. The van der Waals surface area contributed by atoms with Crippen molar-refractivity contribution in [2.75, 3.05) is 6.54 Å². The standard InChI is InChI=1S/C15H24N4O/c1-11(2)19-15(16-10-17-19)9-18-8-4-6-13(18)12-5-3-7-14(12)20/h10-13H,3-9H2,1-2H3. The van der Waals surface area contributed by atoms with Crippen molar-refractivity contribution in [2.24, 2.45) is 5.92 Å². The third-order valence-electron chi connectivity index (χ3n) is 4.71. The highest BCUT2D eigenvalue weighted by Gasteiger charge is 2.38. The number of ketones is 1. The molecular weight excluding hydrogens is 252 g/mol. The molecule has 0 radical (unpaired) electrons. The molecule has 3 rings (SSSR count). The third kappa shape index (κ3) is 2.51. The summed E-state index contributed by atoms with van der Waals surface area (Å²) in [6.07, 6.45) is 6.95. The summed E-state index contributed by atoms with van der Waals surface area (Å²) in [5.41, 5.74) is 0. The van der Waals surface area contributed by atoms with Crippen molar-refractivity contribution in [2.45, 2.75) is 64.6 Å². The SMILES string of the molecule is CC(C)n1ncnc1CN1CCCC1C1CCCC1=O. The molecule has 1 aliphatic heterocycles. The number of hydrogen-bond donors (Lipinski definition) is 0. The van der Waals surface area contributed by atoms with Crippen molar-refractivity contribution in [1.29, 1.82) is 0 Å². The lowest BCUT2D eigenvalue weighted by Gasteiger charge is -2.28. The van der Waals surface area contributed by atoms with Gasteiger partial charge >= 0.3 is 0 Å². The number of rotatable bonds is 4. The Morgan fingerprint density at radius 3 is 2.90 bits per heavy atom. The first kappa shape index (κ1) is 13.7. The van der Waals surface area contributed by atoms with Crippen molar-refractivity contribution in [3.8, 4) is 0 Å². The summed E-state index contributed by atoms with van der Waals surface area (Å²) < 4.78 is 1.99. The lowest BCUT2D eigenvalue weighted by atomic mass is 9.95. The number of nitrogens with zero attached hydrogens (tertiary/aromatic N) is 4. The highest BCUT2D eigenvalue weighted by molar-refractivity contribution is 5.83. The topological polar surface area (TPSA) is 51.0 Å². The molecule has 2 unspecified atom stereocenters. The average Bonchev–Trinajstić information content (AvgIpc) is 3.10. The largest absolute Gasteiger partial charge is 0.299 e. The highest BCUT2D eigenvalue weighted by atomic mass is 16.1. The van der Waals surface area contributed by atoms with E-state index in [0.717, 1.165) is 44.6 Å². The summed E-state index contributed by atoms with van der Waals surface area (Å²) >= 11 is 0. The van der Waals surface area contributed by atoms with Gasteiger partial charge in [0.1, 0.15) is 17.9 Å². The van der Waals surface area contributed by atoms with Crippen LogP contribution in [0.5, 0.6) is 0 Å². The summed E-state index contributed by atoms with van der Waals surface area (Å²) in [6, 6.07) is 0.768. The zero-order chi connectivity index (χ0) is 14.1. The predicted molar refractivity (Wildman–Crippen MR) is 76.2 cm³/mol. The Balaban J connectivity index is 1.72. The Hall–Kier alpha value is -1.23. The molecule has 2 fully saturated rings. The van der Waals surface area contributed by atoms with Gasteiger partial charge in [0.05, 0.1) is 6.54 Å². The normalized spacial score (nSPS) is 27.9. The Morgan fingerprint density at radius 1 is 1.35 bits per heavy atom. The van der Waals surface area contributed by atoms with Gasteiger partial charge in [0.15, 0.2) is 0 Å². The minimum absolute atomic E-state index is 0.271. The van der Waals surface area contributed by atoms with Gasteiger partial charge in [-0.05, 0) is 46.1 Å². The molecule has 110 valence electrons.